The molecule has 32 heavy (non-hydrogen) atoms. The average molecular weight is 469 g/mol. The number of halogens is 1. The normalized spacial score (nSPS) is 14.4. The topological polar surface area (TPSA) is 59.8 Å². The van der Waals surface area contributed by atoms with E-state index in [1.54, 1.807) is 11.8 Å². The molecule has 0 saturated heterocycles. The predicted octanol–water partition coefficient (Wildman–Crippen LogP) is 6.22. The van der Waals surface area contributed by atoms with Crippen LogP contribution in [0.4, 0.5) is 0 Å². The van der Waals surface area contributed by atoms with Gasteiger partial charge in [-0.2, -0.15) is 0 Å². The number of carbonyl (C=O) groups is 1. The summed E-state index contributed by atoms with van der Waals surface area (Å²) in [6.45, 7) is 2.07. The number of nitrogens with one attached hydrogen (secondary N) is 1. The Kier molecular flexibility index (Phi) is 7.87. The largest absolute Gasteiger partial charge is 0.353 e. The van der Waals surface area contributed by atoms with Gasteiger partial charge in [0.2, 0.25) is 5.91 Å². The molecule has 5 nitrogen and oxygen atoms in total. The van der Waals surface area contributed by atoms with Crippen LogP contribution in [0.15, 0.2) is 53.7 Å². The van der Waals surface area contributed by atoms with Crippen LogP contribution in [-0.2, 0) is 4.79 Å². The number of amides is 1. The number of thioether (sulfide) groups is 1. The van der Waals surface area contributed by atoms with Gasteiger partial charge in [-0.15, -0.1) is 10.2 Å². The van der Waals surface area contributed by atoms with Crippen molar-refractivity contribution in [3.63, 3.8) is 0 Å². The van der Waals surface area contributed by atoms with Gasteiger partial charge >= 0.3 is 0 Å². The van der Waals surface area contributed by atoms with E-state index in [2.05, 4.69) is 46.7 Å². The maximum absolute atomic E-state index is 12.3. The molecule has 1 aliphatic carbocycles. The molecule has 3 aromatic rings. The molecule has 1 amide bonds. The Balaban J connectivity index is 1.44. The van der Waals surface area contributed by atoms with E-state index in [4.69, 9.17) is 11.6 Å². The molecule has 0 unspecified atom stereocenters. The summed E-state index contributed by atoms with van der Waals surface area (Å²) in [5, 5.41) is 13.6. The minimum absolute atomic E-state index is 0.161. The highest BCUT2D eigenvalue weighted by Crippen LogP contribution is 2.29. The zero-order valence-electron chi connectivity index (χ0n) is 18.4. The lowest BCUT2D eigenvalue weighted by atomic mass is 9.95. The second-order valence-electron chi connectivity index (χ2n) is 8.34. The van der Waals surface area contributed by atoms with Gasteiger partial charge in [-0.25, -0.2) is 0 Å². The van der Waals surface area contributed by atoms with Crippen molar-refractivity contribution < 1.29 is 4.79 Å². The standard InChI is InChI=1S/C25H29ClN4OS/c1-18-12-14-19(15-13-18)24-28-29-25(30(24)22-10-5-7-20(26)17-22)32-16-6-11-23(31)27-21-8-3-2-4-9-21/h5,7,10,12-15,17,21H,2-4,6,8-9,11,16H2,1H3,(H,27,31). The van der Waals surface area contributed by atoms with Gasteiger partial charge in [-0.1, -0.05) is 78.5 Å². The fourth-order valence-corrected chi connectivity index (χ4v) is 5.12. The lowest BCUT2D eigenvalue weighted by Gasteiger charge is -2.22. The van der Waals surface area contributed by atoms with Crippen molar-refractivity contribution >= 4 is 29.3 Å². The SMILES string of the molecule is Cc1ccc(-c2nnc(SCCCC(=O)NC3CCCCC3)n2-c2cccc(Cl)c2)cc1. The van der Waals surface area contributed by atoms with Crippen LogP contribution in [0.5, 0.6) is 0 Å². The molecule has 1 heterocycles. The van der Waals surface area contributed by atoms with Gasteiger partial charge in [0.25, 0.3) is 0 Å². The van der Waals surface area contributed by atoms with Gasteiger partial charge in [0.05, 0.1) is 5.69 Å². The number of hydrogen-bond donors (Lipinski definition) is 1. The number of rotatable bonds is 8. The molecule has 168 valence electrons. The monoisotopic (exact) mass is 468 g/mol. The average Bonchev–Trinajstić information content (AvgIpc) is 3.22. The van der Waals surface area contributed by atoms with Crippen molar-refractivity contribution in [2.75, 3.05) is 5.75 Å². The highest BCUT2D eigenvalue weighted by atomic mass is 35.5. The zero-order valence-corrected chi connectivity index (χ0v) is 20.0. The summed E-state index contributed by atoms with van der Waals surface area (Å²) in [6.07, 6.45) is 7.31. The molecule has 1 N–H and O–H groups in total. The number of nitrogens with zero attached hydrogens (tertiary/aromatic N) is 3. The Morgan fingerprint density at radius 3 is 2.66 bits per heavy atom. The quantitative estimate of drug-likeness (QED) is 0.315. The highest BCUT2D eigenvalue weighted by Gasteiger charge is 2.18. The molecular formula is C25H29ClN4OS. The van der Waals surface area contributed by atoms with Crippen molar-refractivity contribution in [2.24, 2.45) is 0 Å². The van der Waals surface area contributed by atoms with Gasteiger partial charge in [-0.3, -0.25) is 9.36 Å². The fraction of sp³-hybridized carbons (Fsp3) is 0.400. The van der Waals surface area contributed by atoms with Crippen molar-refractivity contribution in [3.05, 3.63) is 59.1 Å². The highest BCUT2D eigenvalue weighted by molar-refractivity contribution is 7.99. The van der Waals surface area contributed by atoms with Crippen molar-refractivity contribution in [2.45, 2.75) is 63.1 Å². The molecule has 0 bridgehead atoms. The third-order valence-corrected chi connectivity index (χ3v) is 7.01. The lowest BCUT2D eigenvalue weighted by Crippen LogP contribution is -2.36. The maximum Gasteiger partial charge on any atom is 0.220 e. The van der Waals surface area contributed by atoms with Crippen LogP contribution in [-0.4, -0.2) is 32.5 Å². The first-order valence-electron chi connectivity index (χ1n) is 11.3. The van der Waals surface area contributed by atoms with E-state index in [9.17, 15) is 4.79 Å². The molecule has 1 saturated carbocycles. The van der Waals surface area contributed by atoms with Crippen LogP contribution in [0.25, 0.3) is 17.1 Å². The minimum Gasteiger partial charge on any atom is -0.353 e. The fourth-order valence-electron chi connectivity index (χ4n) is 4.04. The molecular weight excluding hydrogens is 440 g/mol. The molecule has 7 heteroatoms. The van der Waals surface area contributed by atoms with Crippen LogP contribution in [0.1, 0.15) is 50.5 Å². The smallest absolute Gasteiger partial charge is 0.220 e. The van der Waals surface area contributed by atoms with Gasteiger partial charge in [-0.05, 0) is 44.4 Å². The summed E-state index contributed by atoms with van der Waals surface area (Å²) in [5.41, 5.74) is 3.13. The number of hydrogen-bond acceptors (Lipinski definition) is 4. The van der Waals surface area contributed by atoms with E-state index in [0.29, 0.717) is 17.5 Å². The van der Waals surface area contributed by atoms with E-state index in [1.165, 1.54) is 24.8 Å². The van der Waals surface area contributed by atoms with E-state index < -0.39 is 0 Å². The second-order valence-corrected chi connectivity index (χ2v) is 9.84. The molecule has 2 aromatic carbocycles. The first-order valence-corrected chi connectivity index (χ1v) is 12.7. The zero-order chi connectivity index (χ0) is 22.3. The van der Waals surface area contributed by atoms with E-state index in [0.717, 1.165) is 47.2 Å². The summed E-state index contributed by atoms with van der Waals surface area (Å²) in [7, 11) is 0. The third-order valence-electron chi connectivity index (χ3n) is 5.76. The number of aromatic nitrogens is 3. The first kappa shape index (κ1) is 22.9. The summed E-state index contributed by atoms with van der Waals surface area (Å²) in [6, 6.07) is 16.4. The van der Waals surface area contributed by atoms with E-state index in [1.807, 2.05) is 28.8 Å². The van der Waals surface area contributed by atoms with Crippen LogP contribution in [0.2, 0.25) is 5.02 Å². The minimum atomic E-state index is 0.161. The van der Waals surface area contributed by atoms with Crippen LogP contribution in [0.3, 0.4) is 0 Å². The molecule has 0 radical (unpaired) electrons. The van der Waals surface area contributed by atoms with E-state index >= 15 is 0 Å². The lowest BCUT2D eigenvalue weighted by molar-refractivity contribution is -0.122. The van der Waals surface area contributed by atoms with Crippen LogP contribution < -0.4 is 5.32 Å². The first-order chi connectivity index (χ1) is 15.6. The Hall–Kier alpha value is -2.31. The molecule has 4 rings (SSSR count). The Morgan fingerprint density at radius 2 is 1.91 bits per heavy atom. The summed E-state index contributed by atoms with van der Waals surface area (Å²) in [5.74, 6) is 1.74. The maximum atomic E-state index is 12.3. The van der Waals surface area contributed by atoms with Crippen molar-refractivity contribution in [3.8, 4) is 17.1 Å². The van der Waals surface area contributed by atoms with E-state index in [-0.39, 0.29) is 5.91 Å². The van der Waals surface area contributed by atoms with Crippen molar-refractivity contribution in [1.29, 1.82) is 0 Å². The summed E-state index contributed by atoms with van der Waals surface area (Å²) >= 11 is 7.89. The van der Waals surface area contributed by atoms with Gasteiger partial charge in [0.15, 0.2) is 11.0 Å². The van der Waals surface area contributed by atoms with Crippen LogP contribution >= 0.6 is 23.4 Å². The number of aryl methyl sites for hydroxylation is 1. The molecule has 0 atom stereocenters. The second kappa shape index (κ2) is 11.0. The Bertz CT molecular complexity index is 1040. The molecule has 1 aliphatic rings. The van der Waals surface area contributed by atoms with Gasteiger partial charge in [0, 0.05) is 28.8 Å². The molecule has 1 aromatic heterocycles. The summed E-state index contributed by atoms with van der Waals surface area (Å²) < 4.78 is 2.04. The third kappa shape index (κ3) is 5.93. The summed E-state index contributed by atoms with van der Waals surface area (Å²) in [4.78, 5) is 12.3. The molecule has 0 aliphatic heterocycles. The van der Waals surface area contributed by atoms with Gasteiger partial charge < -0.3 is 5.32 Å². The van der Waals surface area contributed by atoms with Crippen molar-refractivity contribution in [1.82, 2.24) is 20.1 Å². The Morgan fingerprint density at radius 1 is 1.12 bits per heavy atom. The van der Waals surface area contributed by atoms with Gasteiger partial charge in [0.1, 0.15) is 0 Å². The number of benzene rings is 2. The van der Waals surface area contributed by atoms with Crippen LogP contribution in [0, 0.1) is 6.92 Å². The molecule has 1 fully saturated rings. The predicted molar refractivity (Wildman–Crippen MR) is 132 cm³/mol. The Labute approximate surface area is 199 Å². The molecule has 0 spiro atoms. The number of carbonyl (C=O) groups excluding carboxylic acids is 1.